The molecule has 4 atom stereocenters. The number of hydrogen-bond donors (Lipinski definition) is 1. The van der Waals surface area contributed by atoms with E-state index in [1.54, 1.807) is 30.3 Å². The quantitative estimate of drug-likeness (QED) is 0.618. The first-order valence-corrected chi connectivity index (χ1v) is 11.4. The van der Waals surface area contributed by atoms with Gasteiger partial charge in [0.15, 0.2) is 0 Å². The number of esters is 1. The second kappa shape index (κ2) is 9.96. The zero-order valence-corrected chi connectivity index (χ0v) is 18.1. The van der Waals surface area contributed by atoms with Gasteiger partial charge in [-0.15, -0.1) is 0 Å². The number of sulfonamides is 1. The van der Waals surface area contributed by atoms with Crippen LogP contribution in [0.5, 0.6) is 0 Å². The molecular formula is C19H25F3N2O6S. The Morgan fingerprint density at radius 2 is 1.87 bits per heavy atom. The molecular weight excluding hydrogens is 441 g/mol. The molecule has 0 aromatic heterocycles. The first-order valence-electron chi connectivity index (χ1n) is 9.50. The van der Waals surface area contributed by atoms with Crippen molar-refractivity contribution in [1.82, 2.24) is 9.62 Å². The molecule has 0 unspecified atom stereocenters. The summed E-state index contributed by atoms with van der Waals surface area (Å²) in [6, 6.07) is 6.42. The lowest BCUT2D eigenvalue weighted by atomic mass is 10.0. The lowest BCUT2D eigenvalue weighted by molar-refractivity contribution is -0.215. The summed E-state index contributed by atoms with van der Waals surface area (Å²) in [5, 5.41) is 0. The van der Waals surface area contributed by atoms with E-state index in [1.165, 1.54) is 6.92 Å². The van der Waals surface area contributed by atoms with Crippen LogP contribution in [-0.4, -0.2) is 62.6 Å². The summed E-state index contributed by atoms with van der Waals surface area (Å²) >= 11 is 0. The first-order chi connectivity index (χ1) is 14.3. The van der Waals surface area contributed by atoms with Crippen LogP contribution in [0.1, 0.15) is 38.3 Å². The highest BCUT2D eigenvalue weighted by atomic mass is 32.2. The number of halogens is 3. The molecule has 1 amide bonds. The molecule has 0 saturated carbocycles. The van der Waals surface area contributed by atoms with Crippen LogP contribution >= 0.6 is 0 Å². The number of hydrogen-bond acceptors (Lipinski definition) is 6. The van der Waals surface area contributed by atoms with Crippen LogP contribution < -0.4 is 4.72 Å². The monoisotopic (exact) mass is 466 g/mol. The Kier molecular flexibility index (Phi) is 8.06. The Labute approximate surface area is 178 Å². The second-order valence-corrected chi connectivity index (χ2v) is 9.13. The predicted molar refractivity (Wildman–Crippen MR) is 104 cm³/mol. The third kappa shape index (κ3) is 7.47. The van der Waals surface area contributed by atoms with Crippen molar-refractivity contribution in [2.45, 2.75) is 57.3 Å². The summed E-state index contributed by atoms with van der Waals surface area (Å²) in [6.45, 7) is 2.15. The van der Waals surface area contributed by atoms with E-state index in [0.717, 1.165) is 13.2 Å². The molecule has 12 heteroatoms. The summed E-state index contributed by atoms with van der Waals surface area (Å²) in [5.74, 6) is -2.76. The lowest BCUT2D eigenvalue weighted by Crippen LogP contribution is -2.54. The molecule has 1 aliphatic heterocycles. The smallest absolute Gasteiger partial charge is 0.434 e. The SMILES string of the molecule is CC(=O)O[C@@H]1O[C@@H](CN(C(=O)C(F)(F)F)[C@@H](C)c2ccccc2)CC[C@@H]1NS(C)(=O)=O. The van der Waals surface area contributed by atoms with E-state index >= 15 is 0 Å². The van der Waals surface area contributed by atoms with Crippen LogP contribution in [-0.2, 0) is 29.1 Å². The van der Waals surface area contributed by atoms with Crippen LogP contribution in [0.15, 0.2) is 30.3 Å². The minimum absolute atomic E-state index is 0.142. The first kappa shape index (κ1) is 25.1. The Balaban J connectivity index is 2.23. The molecule has 8 nitrogen and oxygen atoms in total. The normalized spacial score (nSPS) is 23.1. The standard InChI is InChI=1S/C19H25F3N2O6S/c1-12(14-7-5-4-6-8-14)24(18(26)19(20,21)22)11-15-9-10-16(23-31(3,27)28)17(30-15)29-13(2)25/h4-8,12,15-17,23H,9-11H2,1-3H3/t12-,15+,16-,17+/m0/s1. The number of benzene rings is 1. The fourth-order valence-electron chi connectivity index (χ4n) is 3.36. The number of nitrogens with zero attached hydrogens (tertiary/aromatic N) is 1. The number of nitrogens with one attached hydrogen (secondary N) is 1. The number of carbonyl (C=O) groups excluding carboxylic acids is 2. The van der Waals surface area contributed by atoms with Crippen molar-refractivity contribution >= 4 is 21.9 Å². The van der Waals surface area contributed by atoms with Gasteiger partial charge in [-0.3, -0.25) is 9.59 Å². The van der Waals surface area contributed by atoms with Crippen molar-refractivity contribution in [3.8, 4) is 0 Å². The molecule has 0 radical (unpaired) electrons. The largest absolute Gasteiger partial charge is 0.471 e. The molecule has 1 aliphatic rings. The third-order valence-corrected chi connectivity index (χ3v) is 5.49. The number of rotatable bonds is 7. The molecule has 174 valence electrons. The van der Waals surface area contributed by atoms with E-state index in [2.05, 4.69) is 4.72 Å². The van der Waals surface area contributed by atoms with Crippen molar-refractivity contribution in [3.63, 3.8) is 0 Å². The lowest BCUT2D eigenvalue weighted by Gasteiger charge is -2.39. The third-order valence-electron chi connectivity index (χ3n) is 4.76. The molecule has 2 rings (SSSR count). The van der Waals surface area contributed by atoms with E-state index in [1.807, 2.05) is 0 Å². The van der Waals surface area contributed by atoms with Gasteiger partial charge in [-0.1, -0.05) is 30.3 Å². The highest BCUT2D eigenvalue weighted by molar-refractivity contribution is 7.88. The molecule has 1 heterocycles. The fourth-order valence-corrected chi connectivity index (χ4v) is 4.14. The summed E-state index contributed by atoms with van der Waals surface area (Å²) < 4.78 is 75.8. The zero-order chi connectivity index (χ0) is 23.4. The average molecular weight is 466 g/mol. The number of amides is 1. The van der Waals surface area contributed by atoms with Crippen molar-refractivity contribution in [1.29, 1.82) is 0 Å². The molecule has 1 N–H and O–H groups in total. The van der Waals surface area contributed by atoms with Gasteiger partial charge < -0.3 is 14.4 Å². The van der Waals surface area contributed by atoms with Crippen LogP contribution in [0.25, 0.3) is 0 Å². The van der Waals surface area contributed by atoms with E-state index in [0.29, 0.717) is 10.5 Å². The molecule has 31 heavy (non-hydrogen) atoms. The van der Waals surface area contributed by atoms with Gasteiger partial charge in [-0.25, -0.2) is 13.1 Å². The molecule has 1 aromatic rings. The van der Waals surface area contributed by atoms with Gasteiger partial charge in [0.05, 0.1) is 24.4 Å². The molecule has 1 fully saturated rings. The maximum atomic E-state index is 13.2. The van der Waals surface area contributed by atoms with E-state index in [4.69, 9.17) is 9.47 Å². The van der Waals surface area contributed by atoms with Crippen molar-refractivity contribution < 1.29 is 40.7 Å². The van der Waals surface area contributed by atoms with Gasteiger partial charge in [-0.2, -0.15) is 13.2 Å². The Bertz CT molecular complexity index is 878. The summed E-state index contributed by atoms with van der Waals surface area (Å²) in [4.78, 5) is 24.2. The zero-order valence-electron chi connectivity index (χ0n) is 17.3. The van der Waals surface area contributed by atoms with E-state index in [9.17, 15) is 31.2 Å². The summed E-state index contributed by atoms with van der Waals surface area (Å²) in [7, 11) is -3.65. The molecule has 0 aliphatic carbocycles. The van der Waals surface area contributed by atoms with E-state index < -0.39 is 59.1 Å². The molecule has 1 aromatic carbocycles. The van der Waals surface area contributed by atoms with Crippen molar-refractivity contribution in [3.05, 3.63) is 35.9 Å². The van der Waals surface area contributed by atoms with Crippen LogP contribution in [0, 0.1) is 0 Å². The minimum Gasteiger partial charge on any atom is -0.434 e. The Morgan fingerprint density at radius 1 is 1.26 bits per heavy atom. The maximum Gasteiger partial charge on any atom is 0.471 e. The van der Waals surface area contributed by atoms with Crippen LogP contribution in [0.4, 0.5) is 13.2 Å². The molecule has 0 spiro atoms. The number of ether oxygens (including phenoxy) is 2. The average Bonchev–Trinajstić information content (AvgIpc) is 2.65. The number of carbonyl (C=O) groups is 2. The van der Waals surface area contributed by atoms with Gasteiger partial charge in [0.1, 0.15) is 0 Å². The highest BCUT2D eigenvalue weighted by Crippen LogP contribution is 2.30. The summed E-state index contributed by atoms with van der Waals surface area (Å²) in [6.07, 6.45) is -6.11. The van der Waals surface area contributed by atoms with Crippen LogP contribution in [0.2, 0.25) is 0 Å². The topological polar surface area (TPSA) is 102 Å². The van der Waals surface area contributed by atoms with Gasteiger partial charge in [0, 0.05) is 13.5 Å². The van der Waals surface area contributed by atoms with Gasteiger partial charge in [0.25, 0.3) is 0 Å². The van der Waals surface area contributed by atoms with Gasteiger partial charge in [0.2, 0.25) is 16.3 Å². The Hall–Kier alpha value is -2.18. The van der Waals surface area contributed by atoms with E-state index in [-0.39, 0.29) is 12.8 Å². The maximum absolute atomic E-state index is 13.2. The molecule has 1 saturated heterocycles. The fraction of sp³-hybridized carbons (Fsp3) is 0.579. The van der Waals surface area contributed by atoms with Crippen molar-refractivity contribution in [2.24, 2.45) is 0 Å². The highest BCUT2D eigenvalue weighted by Gasteiger charge is 2.46. The van der Waals surface area contributed by atoms with Gasteiger partial charge in [-0.05, 0) is 25.3 Å². The van der Waals surface area contributed by atoms with Crippen LogP contribution in [0.3, 0.4) is 0 Å². The van der Waals surface area contributed by atoms with Crippen molar-refractivity contribution in [2.75, 3.05) is 12.8 Å². The Morgan fingerprint density at radius 3 is 2.39 bits per heavy atom. The predicted octanol–water partition coefficient (Wildman–Crippen LogP) is 2.12. The summed E-state index contributed by atoms with van der Waals surface area (Å²) in [5.41, 5.74) is 0.504. The molecule has 0 bridgehead atoms. The minimum atomic E-state index is -5.09. The van der Waals surface area contributed by atoms with Gasteiger partial charge >= 0.3 is 18.1 Å². The second-order valence-electron chi connectivity index (χ2n) is 7.35. The number of alkyl halides is 3.